The fourth-order valence-electron chi connectivity index (χ4n) is 2.48. The molecular weight excluding hydrogens is 366 g/mol. The highest BCUT2D eigenvalue weighted by Gasteiger charge is 2.41. The van der Waals surface area contributed by atoms with E-state index in [9.17, 15) is 4.79 Å². The third kappa shape index (κ3) is 5.65. The minimum Gasteiger partial charge on any atom is -0.410 e. The Hall–Kier alpha value is -0.173. The minimum absolute atomic E-state index is 0.0959. The van der Waals surface area contributed by atoms with Gasteiger partial charge >= 0.3 is 0 Å². The molecule has 0 aromatic rings. The largest absolute Gasteiger partial charge is 0.410 e. The first-order chi connectivity index (χ1) is 11.3. The molecular formula is C19H35NO2S2Si. The number of hydrogen-bond acceptors (Lipinski definition) is 4. The van der Waals surface area contributed by atoms with Gasteiger partial charge in [-0.1, -0.05) is 64.7 Å². The van der Waals surface area contributed by atoms with Crippen LogP contribution < -0.4 is 0 Å². The van der Waals surface area contributed by atoms with E-state index in [4.69, 9.17) is 16.6 Å². The Kier molecular flexibility index (Phi) is 7.94. The number of carbonyl (C=O) groups is 1. The van der Waals surface area contributed by atoms with Crippen LogP contribution in [0.25, 0.3) is 0 Å². The molecule has 0 aromatic carbocycles. The lowest BCUT2D eigenvalue weighted by atomic mass is 10.0. The molecule has 1 amide bonds. The lowest BCUT2D eigenvalue weighted by Crippen LogP contribution is -2.47. The molecule has 0 radical (unpaired) electrons. The second kappa shape index (κ2) is 8.68. The average Bonchev–Trinajstić information content (AvgIpc) is 2.86. The molecule has 144 valence electrons. The van der Waals surface area contributed by atoms with Crippen molar-refractivity contribution >= 4 is 42.5 Å². The number of hydrogen-bond donors (Lipinski definition) is 0. The number of nitrogens with zero attached hydrogens (tertiary/aromatic N) is 1. The third-order valence-corrected chi connectivity index (χ3v) is 11.5. The molecule has 6 heteroatoms. The lowest BCUT2D eigenvalue weighted by Gasteiger charge is -2.40. The number of thioether (sulfide) groups is 1. The first-order valence-corrected chi connectivity index (χ1v) is 13.4. The molecule has 1 fully saturated rings. The van der Waals surface area contributed by atoms with Crippen molar-refractivity contribution in [3.05, 3.63) is 11.6 Å². The summed E-state index contributed by atoms with van der Waals surface area (Å²) in [5.41, 5.74) is 1.12. The number of rotatable bonds is 6. The monoisotopic (exact) mass is 401 g/mol. The van der Waals surface area contributed by atoms with Crippen LogP contribution in [-0.4, -0.2) is 41.3 Å². The van der Waals surface area contributed by atoms with Crippen LogP contribution in [0.3, 0.4) is 0 Å². The average molecular weight is 402 g/mol. The first-order valence-electron chi connectivity index (χ1n) is 9.11. The van der Waals surface area contributed by atoms with Crippen molar-refractivity contribution in [3.63, 3.8) is 0 Å². The predicted molar refractivity (Wildman–Crippen MR) is 117 cm³/mol. The summed E-state index contributed by atoms with van der Waals surface area (Å²) < 4.78 is 7.30. The van der Waals surface area contributed by atoms with E-state index in [1.54, 1.807) is 11.8 Å². The lowest BCUT2D eigenvalue weighted by molar-refractivity contribution is -0.130. The molecule has 1 rings (SSSR count). The second-order valence-corrected chi connectivity index (χ2v) is 15.2. The van der Waals surface area contributed by atoms with Crippen molar-refractivity contribution in [2.24, 2.45) is 5.92 Å². The van der Waals surface area contributed by atoms with E-state index in [1.807, 2.05) is 11.8 Å². The molecule has 1 aliphatic heterocycles. The number of thiocarbonyl (C=S) groups is 1. The summed E-state index contributed by atoms with van der Waals surface area (Å²) in [6.07, 6.45) is 2.26. The van der Waals surface area contributed by atoms with Crippen LogP contribution >= 0.6 is 24.0 Å². The topological polar surface area (TPSA) is 29.5 Å². The van der Waals surface area contributed by atoms with Crippen LogP contribution in [0.1, 0.15) is 54.9 Å². The van der Waals surface area contributed by atoms with E-state index in [2.05, 4.69) is 60.7 Å². The van der Waals surface area contributed by atoms with Crippen LogP contribution in [-0.2, 0) is 9.22 Å². The van der Waals surface area contributed by atoms with E-state index >= 15 is 0 Å². The van der Waals surface area contributed by atoms with Crippen LogP contribution in [0.15, 0.2) is 11.6 Å². The van der Waals surface area contributed by atoms with E-state index in [1.165, 1.54) is 0 Å². The molecule has 1 saturated heterocycles. The van der Waals surface area contributed by atoms with Gasteiger partial charge in [0.25, 0.3) is 0 Å². The van der Waals surface area contributed by atoms with E-state index < -0.39 is 8.32 Å². The number of allylic oxidation sites excluding steroid dienone is 1. The fraction of sp³-hybridized carbons (Fsp3) is 0.789. The molecule has 0 bridgehead atoms. The molecule has 0 spiro atoms. The van der Waals surface area contributed by atoms with Crippen LogP contribution in [0, 0.1) is 5.92 Å². The van der Waals surface area contributed by atoms with Gasteiger partial charge < -0.3 is 4.43 Å². The van der Waals surface area contributed by atoms with Gasteiger partial charge in [0.1, 0.15) is 4.32 Å². The summed E-state index contributed by atoms with van der Waals surface area (Å²) in [6.45, 7) is 19.5. The molecule has 3 nitrogen and oxygen atoms in total. The van der Waals surface area contributed by atoms with Crippen molar-refractivity contribution in [3.8, 4) is 0 Å². The van der Waals surface area contributed by atoms with Gasteiger partial charge in [0, 0.05) is 11.8 Å². The summed E-state index contributed by atoms with van der Waals surface area (Å²) in [4.78, 5) is 14.9. The molecule has 0 saturated carbocycles. The maximum Gasteiger partial charge on any atom is 0.231 e. The van der Waals surface area contributed by atoms with Crippen molar-refractivity contribution in [1.82, 2.24) is 4.90 Å². The fourth-order valence-corrected chi connectivity index (χ4v) is 5.48. The molecule has 2 atom stereocenters. The quantitative estimate of drug-likeness (QED) is 0.328. The molecule has 1 aliphatic rings. The van der Waals surface area contributed by atoms with Gasteiger partial charge in [0.05, 0.1) is 12.5 Å². The highest BCUT2D eigenvalue weighted by Crippen LogP contribution is 2.39. The zero-order chi connectivity index (χ0) is 19.6. The van der Waals surface area contributed by atoms with Crippen molar-refractivity contribution in [2.75, 3.05) is 5.75 Å². The standard InChI is InChI=1S/C19H35NO2S2Si/c1-10-14(4)16(22-25(8,9)19(5,6)7)11-17(21)20-15(13(2)3)12-24-18(20)23/h10,13,15-16H,11-12H2,1-9H3. The summed E-state index contributed by atoms with van der Waals surface area (Å²) >= 11 is 7.07. The highest BCUT2D eigenvalue weighted by atomic mass is 32.2. The predicted octanol–water partition coefficient (Wildman–Crippen LogP) is 5.62. The number of carbonyl (C=O) groups excluding carboxylic acids is 1. The summed E-state index contributed by atoms with van der Waals surface area (Å²) in [6, 6.07) is 0.199. The van der Waals surface area contributed by atoms with Gasteiger partial charge in [0.15, 0.2) is 8.32 Å². The smallest absolute Gasteiger partial charge is 0.231 e. The van der Waals surface area contributed by atoms with E-state index in [0.717, 1.165) is 11.3 Å². The Morgan fingerprint density at radius 2 is 2.00 bits per heavy atom. The third-order valence-electron chi connectivity index (χ3n) is 5.51. The summed E-state index contributed by atoms with van der Waals surface area (Å²) in [7, 11) is -1.96. The van der Waals surface area contributed by atoms with Crippen LogP contribution in [0.5, 0.6) is 0 Å². The Bertz CT molecular complexity index is 538. The van der Waals surface area contributed by atoms with E-state index in [0.29, 0.717) is 16.7 Å². The summed E-state index contributed by atoms with van der Waals surface area (Å²) in [5, 5.41) is 0.113. The van der Waals surface area contributed by atoms with Gasteiger partial charge in [-0.25, -0.2) is 0 Å². The molecule has 25 heavy (non-hydrogen) atoms. The molecule has 0 aliphatic carbocycles. The molecule has 2 unspecified atom stereocenters. The van der Waals surface area contributed by atoms with Gasteiger partial charge in [-0.05, 0) is 43.5 Å². The Balaban J connectivity index is 2.99. The zero-order valence-electron chi connectivity index (χ0n) is 17.3. The normalized spacial score (nSPS) is 21.2. The Morgan fingerprint density at radius 3 is 2.44 bits per heavy atom. The van der Waals surface area contributed by atoms with Crippen LogP contribution in [0.4, 0.5) is 0 Å². The highest BCUT2D eigenvalue weighted by molar-refractivity contribution is 8.23. The molecule has 0 N–H and O–H groups in total. The van der Waals surface area contributed by atoms with Gasteiger partial charge in [-0.15, -0.1) is 0 Å². The molecule has 0 aromatic heterocycles. The van der Waals surface area contributed by atoms with Crippen LogP contribution in [0.2, 0.25) is 18.1 Å². The first kappa shape index (κ1) is 22.9. The SMILES string of the molecule is CC=C(C)C(CC(=O)N1C(=S)SCC1C(C)C)O[Si](C)(C)C(C)(C)C. The molecule has 1 heterocycles. The van der Waals surface area contributed by atoms with Crippen molar-refractivity contribution in [1.29, 1.82) is 0 Å². The summed E-state index contributed by atoms with van der Waals surface area (Å²) in [5.74, 6) is 1.40. The van der Waals surface area contributed by atoms with Crippen molar-refractivity contribution < 1.29 is 9.22 Å². The van der Waals surface area contributed by atoms with Gasteiger partial charge in [-0.3, -0.25) is 9.69 Å². The van der Waals surface area contributed by atoms with E-state index in [-0.39, 0.29) is 23.1 Å². The van der Waals surface area contributed by atoms with Crippen molar-refractivity contribution in [2.45, 2.75) is 85.2 Å². The second-order valence-electron chi connectivity index (χ2n) is 8.76. The number of amides is 1. The van der Waals surface area contributed by atoms with Gasteiger partial charge in [-0.2, -0.15) is 0 Å². The Morgan fingerprint density at radius 1 is 1.44 bits per heavy atom. The minimum atomic E-state index is -1.96. The van der Waals surface area contributed by atoms with Gasteiger partial charge in [0.2, 0.25) is 5.91 Å². The Labute approximate surface area is 165 Å². The maximum absolute atomic E-state index is 13.1. The maximum atomic E-state index is 13.1. The zero-order valence-corrected chi connectivity index (χ0v) is 19.9.